The molecular weight excluding hydrogens is 262 g/mol. The number of pyridine rings is 1. The quantitative estimate of drug-likeness (QED) is 0.611. The molecule has 0 saturated heterocycles. The molecule has 1 aromatic heterocycles. The number of thioether (sulfide) groups is 1. The van der Waals surface area contributed by atoms with E-state index in [-0.39, 0.29) is 15.4 Å². The van der Waals surface area contributed by atoms with Crippen LogP contribution in [0.2, 0.25) is 0 Å². The molecule has 0 amide bonds. The number of nitro groups is 1. The molecule has 0 spiro atoms. The van der Waals surface area contributed by atoms with Crippen LogP contribution in [0, 0.1) is 17.0 Å². The highest BCUT2D eigenvalue weighted by atomic mass is 32.2. The molecule has 0 unspecified atom stereocenters. The molecule has 1 N–H and O–H groups in total. The summed E-state index contributed by atoms with van der Waals surface area (Å²) in [6.07, 6.45) is 5.74. The average Bonchev–Trinajstić information content (AvgIpc) is 2.42. The zero-order valence-corrected chi connectivity index (χ0v) is 12.7. The molecule has 0 aliphatic carbocycles. The number of hydrogen-bond donors (Lipinski definition) is 1. The van der Waals surface area contributed by atoms with Gasteiger partial charge in [0.1, 0.15) is 0 Å². The molecule has 0 radical (unpaired) electrons. The highest BCUT2D eigenvalue weighted by Gasteiger charge is 2.26. The fourth-order valence-electron chi connectivity index (χ4n) is 1.93. The Hall–Kier alpha value is -1.30. The first kappa shape index (κ1) is 15.8. The van der Waals surface area contributed by atoms with Crippen LogP contribution in [0.25, 0.3) is 0 Å². The fourth-order valence-corrected chi connectivity index (χ4v) is 2.73. The third-order valence-electron chi connectivity index (χ3n) is 3.50. The van der Waals surface area contributed by atoms with E-state index in [0.717, 1.165) is 18.4 Å². The first-order valence-electron chi connectivity index (χ1n) is 6.38. The van der Waals surface area contributed by atoms with Crippen LogP contribution < -0.4 is 5.32 Å². The summed E-state index contributed by atoms with van der Waals surface area (Å²) in [6, 6.07) is 1.55. The predicted octanol–water partition coefficient (Wildman–Crippen LogP) is 3.63. The van der Waals surface area contributed by atoms with Crippen molar-refractivity contribution in [3.05, 3.63) is 27.9 Å². The minimum Gasteiger partial charge on any atom is -0.363 e. The Morgan fingerprint density at radius 3 is 2.58 bits per heavy atom. The summed E-state index contributed by atoms with van der Waals surface area (Å²) < 4.78 is 0.0977. The van der Waals surface area contributed by atoms with Crippen LogP contribution in [0.5, 0.6) is 0 Å². The fraction of sp³-hybridized carbons (Fsp3) is 0.615. The molecule has 0 bridgehead atoms. The summed E-state index contributed by atoms with van der Waals surface area (Å²) in [7, 11) is 0. The van der Waals surface area contributed by atoms with Gasteiger partial charge in [-0.1, -0.05) is 13.8 Å². The van der Waals surface area contributed by atoms with Gasteiger partial charge in [-0.15, -0.1) is 0 Å². The Morgan fingerprint density at radius 1 is 1.47 bits per heavy atom. The Morgan fingerprint density at radius 2 is 2.11 bits per heavy atom. The lowest BCUT2D eigenvalue weighted by molar-refractivity contribution is -0.384. The van der Waals surface area contributed by atoms with Gasteiger partial charge in [0.15, 0.2) is 0 Å². The first-order chi connectivity index (χ1) is 8.98. The molecule has 106 valence electrons. The molecule has 0 atom stereocenters. The van der Waals surface area contributed by atoms with Gasteiger partial charge >= 0.3 is 5.69 Å². The SMILES string of the molecule is CCC(CC)(CNc1ncc(C)cc1[N+](=O)[O-])SC. The van der Waals surface area contributed by atoms with Gasteiger partial charge in [-0.2, -0.15) is 11.8 Å². The number of rotatable bonds is 7. The van der Waals surface area contributed by atoms with Gasteiger partial charge in [-0.05, 0) is 31.6 Å². The van der Waals surface area contributed by atoms with Crippen LogP contribution in [0.4, 0.5) is 11.5 Å². The van der Waals surface area contributed by atoms with E-state index in [1.54, 1.807) is 30.9 Å². The molecule has 19 heavy (non-hydrogen) atoms. The highest BCUT2D eigenvalue weighted by molar-refractivity contribution is 8.00. The van der Waals surface area contributed by atoms with E-state index in [4.69, 9.17) is 0 Å². The second kappa shape index (κ2) is 6.75. The molecule has 1 rings (SSSR count). The smallest absolute Gasteiger partial charge is 0.311 e. The van der Waals surface area contributed by atoms with Crippen LogP contribution >= 0.6 is 11.8 Å². The Bertz CT molecular complexity index is 439. The summed E-state index contributed by atoms with van der Waals surface area (Å²) in [5.41, 5.74) is 0.835. The molecular formula is C13H21N3O2S. The summed E-state index contributed by atoms with van der Waals surface area (Å²) >= 11 is 1.79. The van der Waals surface area contributed by atoms with Crippen molar-refractivity contribution in [2.45, 2.75) is 38.4 Å². The normalized spacial score (nSPS) is 11.4. The van der Waals surface area contributed by atoms with Crippen molar-refractivity contribution in [2.24, 2.45) is 0 Å². The molecule has 5 nitrogen and oxygen atoms in total. The first-order valence-corrected chi connectivity index (χ1v) is 7.60. The van der Waals surface area contributed by atoms with Gasteiger partial charge in [0, 0.05) is 23.6 Å². The third kappa shape index (κ3) is 3.83. The third-order valence-corrected chi connectivity index (χ3v) is 5.09. The Kier molecular flexibility index (Phi) is 5.60. The minimum atomic E-state index is -0.388. The molecule has 0 saturated carbocycles. The second-order valence-electron chi connectivity index (χ2n) is 4.59. The number of anilines is 1. The van der Waals surface area contributed by atoms with E-state index in [2.05, 4.69) is 30.4 Å². The van der Waals surface area contributed by atoms with Crippen molar-refractivity contribution in [1.82, 2.24) is 4.98 Å². The lowest BCUT2D eigenvalue weighted by Crippen LogP contribution is -2.32. The van der Waals surface area contributed by atoms with Gasteiger partial charge in [0.05, 0.1) is 4.92 Å². The number of nitrogens with zero attached hydrogens (tertiary/aromatic N) is 2. The molecule has 0 fully saturated rings. The molecule has 0 aliphatic rings. The molecule has 0 aliphatic heterocycles. The maximum Gasteiger partial charge on any atom is 0.311 e. The number of aromatic nitrogens is 1. The monoisotopic (exact) mass is 283 g/mol. The largest absolute Gasteiger partial charge is 0.363 e. The Balaban J connectivity index is 2.91. The van der Waals surface area contributed by atoms with E-state index in [1.807, 2.05) is 0 Å². The highest BCUT2D eigenvalue weighted by Crippen LogP contribution is 2.32. The number of nitrogens with one attached hydrogen (secondary N) is 1. The second-order valence-corrected chi connectivity index (χ2v) is 5.86. The van der Waals surface area contributed by atoms with Crippen molar-refractivity contribution >= 4 is 23.3 Å². The number of aryl methyl sites for hydroxylation is 1. The van der Waals surface area contributed by atoms with E-state index < -0.39 is 0 Å². The van der Waals surface area contributed by atoms with Crippen molar-refractivity contribution in [3.63, 3.8) is 0 Å². The van der Waals surface area contributed by atoms with E-state index >= 15 is 0 Å². The Labute approximate surface area is 118 Å². The lowest BCUT2D eigenvalue weighted by atomic mass is 10.0. The minimum absolute atomic E-state index is 0.0437. The van der Waals surface area contributed by atoms with Crippen molar-refractivity contribution in [2.75, 3.05) is 18.1 Å². The lowest BCUT2D eigenvalue weighted by Gasteiger charge is -2.29. The summed E-state index contributed by atoms with van der Waals surface area (Å²) in [6.45, 7) is 6.75. The van der Waals surface area contributed by atoms with Crippen molar-refractivity contribution < 1.29 is 4.92 Å². The summed E-state index contributed by atoms with van der Waals surface area (Å²) in [5.74, 6) is 0.357. The van der Waals surface area contributed by atoms with E-state index in [9.17, 15) is 10.1 Å². The number of hydrogen-bond acceptors (Lipinski definition) is 5. The topological polar surface area (TPSA) is 68.1 Å². The summed E-state index contributed by atoms with van der Waals surface area (Å²) in [4.78, 5) is 14.8. The summed E-state index contributed by atoms with van der Waals surface area (Å²) in [5, 5.41) is 14.2. The van der Waals surface area contributed by atoms with Gasteiger partial charge in [0.2, 0.25) is 5.82 Å². The maximum atomic E-state index is 11.0. The molecule has 6 heteroatoms. The zero-order chi connectivity index (χ0) is 14.5. The molecule has 1 heterocycles. The van der Waals surface area contributed by atoms with E-state index in [0.29, 0.717) is 12.4 Å². The van der Waals surface area contributed by atoms with Gasteiger partial charge in [-0.3, -0.25) is 10.1 Å². The van der Waals surface area contributed by atoms with E-state index in [1.165, 1.54) is 0 Å². The van der Waals surface area contributed by atoms with Crippen LogP contribution in [-0.2, 0) is 0 Å². The molecule has 0 aromatic carbocycles. The van der Waals surface area contributed by atoms with Gasteiger partial charge in [-0.25, -0.2) is 4.98 Å². The van der Waals surface area contributed by atoms with Crippen molar-refractivity contribution in [3.8, 4) is 0 Å². The molecule has 1 aromatic rings. The standard InChI is InChI=1S/C13H21N3O2S/c1-5-13(6-2,19-4)9-15-12-11(16(17)18)7-10(3)8-14-12/h7-8H,5-6,9H2,1-4H3,(H,14,15). The average molecular weight is 283 g/mol. The van der Waals surface area contributed by atoms with Crippen LogP contribution in [0.15, 0.2) is 12.3 Å². The zero-order valence-electron chi connectivity index (χ0n) is 11.9. The predicted molar refractivity (Wildman–Crippen MR) is 80.9 cm³/mol. The van der Waals surface area contributed by atoms with Crippen LogP contribution in [0.3, 0.4) is 0 Å². The maximum absolute atomic E-state index is 11.0. The van der Waals surface area contributed by atoms with Crippen LogP contribution in [-0.4, -0.2) is 27.5 Å². The van der Waals surface area contributed by atoms with Crippen LogP contribution in [0.1, 0.15) is 32.3 Å². The van der Waals surface area contributed by atoms with Crippen molar-refractivity contribution in [1.29, 1.82) is 0 Å². The van der Waals surface area contributed by atoms with Gasteiger partial charge in [0.25, 0.3) is 0 Å². The van der Waals surface area contributed by atoms with Gasteiger partial charge < -0.3 is 5.32 Å².